The highest BCUT2D eigenvalue weighted by atomic mass is 32.1. The number of aliphatic carboxylic acids is 1. The van der Waals surface area contributed by atoms with Crippen molar-refractivity contribution in [2.45, 2.75) is 19.3 Å². The largest absolute Gasteiger partial charge is 0.493 e. The zero-order valence-electron chi connectivity index (χ0n) is 14.7. The van der Waals surface area contributed by atoms with Crippen molar-refractivity contribution in [2.24, 2.45) is 0 Å². The van der Waals surface area contributed by atoms with Gasteiger partial charge in [0.2, 0.25) is 0 Å². The van der Waals surface area contributed by atoms with E-state index in [4.69, 9.17) is 15.1 Å². The fraction of sp³-hybridized carbons (Fsp3) is 0.368. The average Bonchev–Trinajstić information content (AvgIpc) is 3.06. The highest BCUT2D eigenvalue weighted by Crippen LogP contribution is 2.27. The molecule has 2 rings (SSSR count). The molecule has 0 radical (unpaired) electrons. The molecule has 0 amide bonds. The smallest absolute Gasteiger partial charge is 0.307 e. The summed E-state index contributed by atoms with van der Waals surface area (Å²) in [5.41, 5.74) is 2.22. The number of ether oxygens (including phenoxy) is 1. The molecule has 0 atom stereocenters. The minimum atomic E-state index is -0.795. The number of carboxylic acids is 1. The van der Waals surface area contributed by atoms with Gasteiger partial charge in [-0.15, -0.1) is 11.3 Å². The Balaban J connectivity index is 1.63. The van der Waals surface area contributed by atoms with Crippen LogP contribution in [0.2, 0.25) is 0 Å². The highest BCUT2D eigenvalue weighted by molar-refractivity contribution is 7.10. The van der Waals surface area contributed by atoms with Crippen LogP contribution in [0.15, 0.2) is 29.6 Å². The van der Waals surface area contributed by atoms with Crippen LogP contribution in [-0.4, -0.2) is 37.8 Å². The van der Waals surface area contributed by atoms with E-state index >= 15 is 0 Å². The third kappa shape index (κ3) is 6.06. The van der Waals surface area contributed by atoms with Gasteiger partial charge in [0.1, 0.15) is 6.07 Å². The first-order chi connectivity index (χ1) is 12.6. The predicted molar refractivity (Wildman–Crippen MR) is 103 cm³/mol. The number of methoxy groups -OCH3 is 1. The molecule has 0 bridgehead atoms. The molecule has 7 heteroatoms. The van der Waals surface area contributed by atoms with Crippen LogP contribution in [0.4, 0.5) is 5.69 Å². The molecular weight excluding hydrogens is 350 g/mol. The second-order valence-corrected chi connectivity index (χ2v) is 6.77. The Labute approximate surface area is 157 Å². The fourth-order valence-corrected chi connectivity index (χ4v) is 3.48. The van der Waals surface area contributed by atoms with Crippen molar-refractivity contribution in [1.82, 2.24) is 5.32 Å². The minimum absolute atomic E-state index is 0.0893. The quantitative estimate of drug-likeness (QED) is 0.524. The van der Waals surface area contributed by atoms with Crippen LogP contribution in [0, 0.1) is 11.3 Å². The molecule has 0 saturated heterocycles. The topological polar surface area (TPSA) is 94.4 Å². The normalized spacial score (nSPS) is 10.3. The summed E-state index contributed by atoms with van der Waals surface area (Å²) in [5.74, 6) is -0.213. The summed E-state index contributed by atoms with van der Waals surface area (Å²) in [7, 11) is 1.56. The molecule has 1 heterocycles. The summed E-state index contributed by atoms with van der Waals surface area (Å²) < 4.78 is 5.30. The van der Waals surface area contributed by atoms with E-state index in [2.05, 4.69) is 16.7 Å². The average molecular weight is 373 g/mol. The Kier molecular flexibility index (Phi) is 7.93. The second kappa shape index (κ2) is 10.4. The molecule has 0 aliphatic heterocycles. The standard InChI is InChI=1S/C19H23N3O3S/c1-25-19-15(12-20)4-2-5-17(19)22-8-3-7-21-9-6-16-10-14(13-26-16)11-18(23)24/h2,4-5,10,13,21-22H,3,6-9,11H2,1H3,(H,23,24). The molecule has 0 unspecified atom stereocenters. The van der Waals surface area contributed by atoms with Crippen LogP contribution in [0.25, 0.3) is 0 Å². The second-order valence-electron chi connectivity index (χ2n) is 5.77. The lowest BCUT2D eigenvalue weighted by atomic mass is 10.2. The molecule has 6 nitrogen and oxygen atoms in total. The predicted octanol–water partition coefficient (Wildman–Crippen LogP) is 2.89. The first-order valence-corrected chi connectivity index (χ1v) is 9.31. The summed E-state index contributed by atoms with van der Waals surface area (Å²) >= 11 is 1.61. The van der Waals surface area contributed by atoms with Gasteiger partial charge in [-0.3, -0.25) is 4.79 Å². The van der Waals surface area contributed by atoms with Gasteiger partial charge in [0.25, 0.3) is 0 Å². The van der Waals surface area contributed by atoms with Crippen LogP contribution < -0.4 is 15.4 Å². The van der Waals surface area contributed by atoms with Gasteiger partial charge in [-0.05, 0) is 55.1 Å². The van der Waals surface area contributed by atoms with E-state index in [1.165, 1.54) is 4.88 Å². The molecule has 1 aromatic heterocycles. The monoisotopic (exact) mass is 373 g/mol. The number of carbonyl (C=O) groups is 1. The molecule has 0 fully saturated rings. The number of para-hydroxylation sites is 1. The fourth-order valence-electron chi connectivity index (χ4n) is 2.58. The van der Waals surface area contributed by atoms with Crippen molar-refractivity contribution in [3.8, 4) is 11.8 Å². The Hall–Kier alpha value is -2.56. The lowest BCUT2D eigenvalue weighted by Gasteiger charge is -2.12. The Morgan fingerprint density at radius 2 is 2.19 bits per heavy atom. The summed E-state index contributed by atoms with van der Waals surface area (Å²) in [5, 5.41) is 26.5. The molecule has 0 aliphatic rings. The van der Waals surface area contributed by atoms with Gasteiger partial charge in [-0.2, -0.15) is 5.26 Å². The van der Waals surface area contributed by atoms with Gasteiger partial charge in [0, 0.05) is 11.4 Å². The number of nitriles is 1. The molecule has 1 aromatic carbocycles. The van der Waals surface area contributed by atoms with Crippen molar-refractivity contribution in [3.63, 3.8) is 0 Å². The number of nitrogens with zero attached hydrogens (tertiary/aromatic N) is 1. The number of thiophene rings is 1. The minimum Gasteiger partial charge on any atom is -0.493 e. The van der Waals surface area contributed by atoms with Gasteiger partial charge >= 0.3 is 5.97 Å². The number of nitrogens with one attached hydrogen (secondary N) is 2. The number of benzene rings is 1. The van der Waals surface area contributed by atoms with E-state index in [0.717, 1.165) is 43.7 Å². The summed E-state index contributed by atoms with van der Waals surface area (Å²) in [6.45, 7) is 2.51. The Morgan fingerprint density at radius 1 is 1.35 bits per heavy atom. The van der Waals surface area contributed by atoms with Crippen molar-refractivity contribution in [1.29, 1.82) is 5.26 Å². The van der Waals surface area contributed by atoms with Crippen molar-refractivity contribution in [2.75, 3.05) is 32.1 Å². The number of hydrogen-bond donors (Lipinski definition) is 3. The van der Waals surface area contributed by atoms with E-state index in [-0.39, 0.29) is 6.42 Å². The first-order valence-electron chi connectivity index (χ1n) is 8.43. The third-order valence-electron chi connectivity index (χ3n) is 3.80. The van der Waals surface area contributed by atoms with Crippen molar-refractivity contribution in [3.05, 3.63) is 45.6 Å². The summed E-state index contributed by atoms with van der Waals surface area (Å²) in [4.78, 5) is 11.9. The van der Waals surface area contributed by atoms with Crippen LogP contribution in [0.5, 0.6) is 5.75 Å². The van der Waals surface area contributed by atoms with Gasteiger partial charge in [0.05, 0.1) is 24.8 Å². The molecule has 138 valence electrons. The molecule has 0 saturated carbocycles. The Bertz CT molecular complexity index is 768. The van der Waals surface area contributed by atoms with E-state index in [9.17, 15) is 4.79 Å². The molecule has 0 spiro atoms. The number of anilines is 1. The number of carboxylic acid groups (broad SMARTS) is 1. The maximum absolute atomic E-state index is 10.7. The van der Waals surface area contributed by atoms with Crippen LogP contribution in [-0.2, 0) is 17.6 Å². The first kappa shape index (κ1) is 19.8. The molecular formula is C19H23N3O3S. The lowest BCUT2D eigenvalue weighted by molar-refractivity contribution is -0.136. The number of rotatable bonds is 11. The van der Waals surface area contributed by atoms with E-state index in [1.54, 1.807) is 24.5 Å². The van der Waals surface area contributed by atoms with Crippen molar-refractivity contribution < 1.29 is 14.6 Å². The van der Waals surface area contributed by atoms with Gasteiger partial charge < -0.3 is 20.5 Å². The lowest BCUT2D eigenvalue weighted by Crippen LogP contribution is -2.20. The summed E-state index contributed by atoms with van der Waals surface area (Å²) in [6.07, 6.45) is 1.93. The van der Waals surface area contributed by atoms with Crippen LogP contribution >= 0.6 is 11.3 Å². The third-order valence-corrected chi connectivity index (χ3v) is 4.84. The zero-order valence-corrected chi connectivity index (χ0v) is 15.6. The van der Waals surface area contributed by atoms with E-state index in [0.29, 0.717) is 11.3 Å². The van der Waals surface area contributed by atoms with Gasteiger partial charge in [-0.1, -0.05) is 6.07 Å². The highest BCUT2D eigenvalue weighted by Gasteiger charge is 2.07. The van der Waals surface area contributed by atoms with Crippen molar-refractivity contribution >= 4 is 23.0 Å². The van der Waals surface area contributed by atoms with Gasteiger partial charge in [0.15, 0.2) is 5.75 Å². The molecule has 2 aromatic rings. The Morgan fingerprint density at radius 3 is 2.92 bits per heavy atom. The van der Waals surface area contributed by atoms with E-state index < -0.39 is 5.97 Å². The zero-order chi connectivity index (χ0) is 18.8. The number of hydrogen-bond acceptors (Lipinski definition) is 6. The molecule has 3 N–H and O–H groups in total. The van der Waals surface area contributed by atoms with Gasteiger partial charge in [-0.25, -0.2) is 0 Å². The maximum Gasteiger partial charge on any atom is 0.307 e. The molecule has 26 heavy (non-hydrogen) atoms. The van der Waals surface area contributed by atoms with Crippen LogP contribution in [0.1, 0.15) is 22.4 Å². The maximum atomic E-state index is 10.7. The SMILES string of the molecule is COc1c(C#N)cccc1NCCCNCCc1cc(CC(=O)O)cs1. The summed E-state index contributed by atoms with van der Waals surface area (Å²) in [6, 6.07) is 9.56. The van der Waals surface area contributed by atoms with E-state index in [1.807, 2.05) is 23.6 Å². The molecule has 0 aliphatic carbocycles. The van der Waals surface area contributed by atoms with Crippen LogP contribution in [0.3, 0.4) is 0 Å².